The van der Waals surface area contributed by atoms with Crippen molar-refractivity contribution in [1.82, 2.24) is 9.78 Å². The van der Waals surface area contributed by atoms with Gasteiger partial charge in [0.15, 0.2) is 11.5 Å². The molecule has 0 atom stereocenters. The van der Waals surface area contributed by atoms with Crippen LogP contribution < -0.4 is 14.8 Å². The summed E-state index contributed by atoms with van der Waals surface area (Å²) in [5.74, 6) is 0.806. The van der Waals surface area contributed by atoms with Gasteiger partial charge < -0.3 is 24.9 Å². The van der Waals surface area contributed by atoms with Gasteiger partial charge in [-0.2, -0.15) is 4.68 Å². The fourth-order valence-electron chi connectivity index (χ4n) is 2.36. The SMILES string of the molecule is Cc1cc([N+](=O)[O-])nn1CCC(=O)Nc1ccc2c(c1)OCCO2. The van der Waals surface area contributed by atoms with E-state index in [1.807, 2.05) is 0 Å². The van der Waals surface area contributed by atoms with Gasteiger partial charge in [-0.15, -0.1) is 0 Å². The number of rotatable bonds is 5. The quantitative estimate of drug-likeness (QED) is 0.661. The lowest BCUT2D eigenvalue weighted by atomic mass is 10.2. The molecule has 24 heavy (non-hydrogen) atoms. The van der Waals surface area contributed by atoms with Gasteiger partial charge >= 0.3 is 5.82 Å². The van der Waals surface area contributed by atoms with Crippen LogP contribution in [0.1, 0.15) is 12.1 Å². The fraction of sp³-hybridized carbons (Fsp3) is 0.333. The van der Waals surface area contributed by atoms with E-state index in [2.05, 4.69) is 10.4 Å². The Morgan fingerprint density at radius 2 is 2.08 bits per heavy atom. The molecular weight excluding hydrogens is 316 g/mol. The molecule has 1 amide bonds. The number of anilines is 1. The Bertz CT molecular complexity index is 786. The van der Waals surface area contributed by atoms with Crippen molar-refractivity contribution in [3.8, 4) is 11.5 Å². The number of amides is 1. The van der Waals surface area contributed by atoms with Crippen molar-refractivity contribution in [2.24, 2.45) is 0 Å². The number of carbonyl (C=O) groups is 1. The van der Waals surface area contributed by atoms with Crippen LogP contribution in [0.15, 0.2) is 24.3 Å². The van der Waals surface area contributed by atoms with Crippen LogP contribution in [-0.4, -0.2) is 33.8 Å². The number of fused-ring (bicyclic) bond motifs is 1. The maximum Gasteiger partial charge on any atom is 0.390 e. The molecule has 0 fully saturated rings. The Balaban J connectivity index is 1.59. The second kappa shape index (κ2) is 6.57. The lowest BCUT2D eigenvalue weighted by Crippen LogP contribution is -2.17. The smallest absolute Gasteiger partial charge is 0.390 e. The highest BCUT2D eigenvalue weighted by molar-refractivity contribution is 5.91. The maximum absolute atomic E-state index is 12.0. The standard InChI is InChI=1S/C15H16N4O5/c1-10-8-14(19(21)22)17-18(10)5-4-15(20)16-11-2-3-12-13(9-11)24-7-6-23-12/h2-3,8-9H,4-7H2,1H3,(H,16,20). The highest BCUT2D eigenvalue weighted by Crippen LogP contribution is 2.32. The molecule has 1 aromatic carbocycles. The van der Waals surface area contributed by atoms with Crippen LogP contribution in [0.5, 0.6) is 11.5 Å². The number of benzene rings is 1. The van der Waals surface area contributed by atoms with Gasteiger partial charge in [0.05, 0.1) is 23.4 Å². The normalized spacial score (nSPS) is 12.7. The van der Waals surface area contributed by atoms with Crippen molar-refractivity contribution >= 4 is 17.4 Å². The zero-order valence-corrected chi connectivity index (χ0v) is 13.0. The number of ether oxygens (including phenoxy) is 2. The predicted molar refractivity (Wildman–Crippen MR) is 84.3 cm³/mol. The molecule has 1 aliphatic rings. The average molecular weight is 332 g/mol. The van der Waals surface area contributed by atoms with Crippen LogP contribution in [0, 0.1) is 17.0 Å². The molecule has 1 aliphatic heterocycles. The first-order chi connectivity index (χ1) is 11.5. The minimum atomic E-state index is -0.557. The number of hydrogen-bond donors (Lipinski definition) is 1. The number of nitrogens with zero attached hydrogens (tertiary/aromatic N) is 3. The van der Waals surface area contributed by atoms with E-state index < -0.39 is 4.92 Å². The Morgan fingerprint density at radius 3 is 2.79 bits per heavy atom. The van der Waals surface area contributed by atoms with E-state index in [1.165, 1.54) is 10.7 Å². The summed E-state index contributed by atoms with van der Waals surface area (Å²) in [7, 11) is 0. The first-order valence-corrected chi connectivity index (χ1v) is 7.41. The van der Waals surface area contributed by atoms with Crippen molar-refractivity contribution in [1.29, 1.82) is 0 Å². The van der Waals surface area contributed by atoms with Gasteiger partial charge in [0.2, 0.25) is 5.91 Å². The summed E-state index contributed by atoms with van der Waals surface area (Å²) in [6.07, 6.45) is 0.147. The molecule has 2 aromatic rings. The highest BCUT2D eigenvalue weighted by atomic mass is 16.6. The van der Waals surface area contributed by atoms with E-state index in [-0.39, 0.29) is 24.7 Å². The van der Waals surface area contributed by atoms with Crippen LogP contribution in [0.3, 0.4) is 0 Å². The highest BCUT2D eigenvalue weighted by Gasteiger charge is 2.16. The van der Waals surface area contributed by atoms with E-state index in [0.717, 1.165) is 0 Å². The molecule has 0 aliphatic carbocycles. The third-order valence-corrected chi connectivity index (χ3v) is 3.53. The Kier molecular flexibility index (Phi) is 4.32. The van der Waals surface area contributed by atoms with E-state index >= 15 is 0 Å². The predicted octanol–water partition coefficient (Wildman–Crippen LogP) is 1.90. The zero-order valence-electron chi connectivity index (χ0n) is 13.0. The Hall–Kier alpha value is -3.10. The molecule has 0 radical (unpaired) electrons. The summed E-state index contributed by atoms with van der Waals surface area (Å²) >= 11 is 0. The minimum Gasteiger partial charge on any atom is -0.486 e. The maximum atomic E-state index is 12.0. The summed E-state index contributed by atoms with van der Waals surface area (Å²) in [5.41, 5.74) is 1.24. The third-order valence-electron chi connectivity index (χ3n) is 3.53. The molecule has 0 bridgehead atoms. The summed E-state index contributed by atoms with van der Waals surface area (Å²) in [4.78, 5) is 22.2. The molecule has 0 saturated heterocycles. The van der Waals surface area contributed by atoms with Gasteiger partial charge in [0, 0.05) is 18.2 Å². The fourth-order valence-corrected chi connectivity index (χ4v) is 2.36. The molecular formula is C15H16N4O5. The first kappa shape index (κ1) is 15.8. The van der Waals surface area contributed by atoms with Crippen molar-refractivity contribution < 1.29 is 19.2 Å². The lowest BCUT2D eigenvalue weighted by molar-refractivity contribution is -0.389. The molecule has 9 nitrogen and oxygen atoms in total. The molecule has 9 heteroatoms. The van der Waals surface area contributed by atoms with Crippen molar-refractivity contribution in [3.05, 3.63) is 40.1 Å². The third kappa shape index (κ3) is 3.45. The summed E-state index contributed by atoms with van der Waals surface area (Å²) < 4.78 is 12.3. The number of nitro groups is 1. The topological polar surface area (TPSA) is 109 Å². The van der Waals surface area contributed by atoms with Crippen molar-refractivity contribution in [2.75, 3.05) is 18.5 Å². The van der Waals surface area contributed by atoms with Crippen LogP contribution >= 0.6 is 0 Å². The van der Waals surface area contributed by atoms with Gasteiger partial charge in [-0.05, 0) is 24.0 Å². The monoisotopic (exact) mass is 332 g/mol. The molecule has 1 N–H and O–H groups in total. The number of aromatic nitrogens is 2. The molecule has 3 rings (SSSR count). The second-order valence-electron chi connectivity index (χ2n) is 5.28. The molecule has 1 aromatic heterocycles. The molecule has 0 spiro atoms. The van der Waals surface area contributed by atoms with Crippen LogP contribution in [-0.2, 0) is 11.3 Å². The largest absolute Gasteiger partial charge is 0.486 e. The van der Waals surface area contributed by atoms with Crippen LogP contribution in [0.25, 0.3) is 0 Å². The van der Waals surface area contributed by atoms with Crippen molar-refractivity contribution in [2.45, 2.75) is 19.9 Å². The van der Waals surface area contributed by atoms with Gasteiger partial charge in [-0.3, -0.25) is 4.79 Å². The lowest BCUT2D eigenvalue weighted by Gasteiger charge is -2.19. The summed E-state index contributed by atoms with van der Waals surface area (Å²) in [6.45, 7) is 2.95. The van der Waals surface area contributed by atoms with E-state index in [1.54, 1.807) is 25.1 Å². The van der Waals surface area contributed by atoms with E-state index in [4.69, 9.17) is 9.47 Å². The number of carbonyl (C=O) groups excluding carboxylic acids is 1. The van der Waals surface area contributed by atoms with Gasteiger partial charge in [0.1, 0.15) is 13.2 Å². The average Bonchev–Trinajstić information content (AvgIpc) is 2.94. The van der Waals surface area contributed by atoms with E-state index in [0.29, 0.717) is 36.1 Å². The first-order valence-electron chi connectivity index (χ1n) is 7.41. The summed E-state index contributed by atoms with van der Waals surface area (Å²) in [5, 5.41) is 17.3. The Morgan fingerprint density at radius 1 is 1.33 bits per heavy atom. The van der Waals surface area contributed by atoms with Gasteiger partial charge in [-0.1, -0.05) is 0 Å². The van der Waals surface area contributed by atoms with E-state index in [9.17, 15) is 14.9 Å². The second-order valence-corrected chi connectivity index (χ2v) is 5.28. The minimum absolute atomic E-state index is 0.147. The number of nitrogens with one attached hydrogen (secondary N) is 1. The van der Waals surface area contributed by atoms with Gasteiger partial charge in [0.25, 0.3) is 0 Å². The van der Waals surface area contributed by atoms with Crippen LogP contribution in [0.4, 0.5) is 11.5 Å². The van der Waals surface area contributed by atoms with Gasteiger partial charge in [-0.25, -0.2) is 0 Å². The summed E-state index contributed by atoms with van der Waals surface area (Å²) in [6, 6.07) is 6.55. The Labute approximate surface area is 137 Å². The number of hydrogen-bond acceptors (Lipinski definition) is 6. The van der Waals surface area contributed by atoms with Crippen LogP contribution in [0.2, 0.25) is 0 Å². The molecule has 2 heterocycles. The number of aryl methyl sites for hydroxylation is 2. The molecule has 0 saturated carbocycles. The molecule has 0 unspecified atom stereocenters. The zero-order chi connectivity index (χ0) is 17.1. The molecule has 126 valence electrons. The van der Waals surface area contributed by atoms with Crippen molar-refractivity contribution in [3.63, 3.8) is 0 Å².